The summed E-state index contributed by atoms with van der Waals surface area (Å²) in [4.78, 5) is 0. The van der Waals surface area contributed by atoms with Crippen LogP contribution in [0.3, 0.4) is 0 Å². The van der Waals surface area contributed by atoms with Gasteiger partial charge in [-0.3, -0.25) is 0 Å². The minimum atomic E-state index is 0.140. The van der Waals surface area contributed by atoms with Crippen LogP contribution in [0.4, 0.5) is 0 Å². The van der Waals surface area contributed by atoms with Crippen LogP contribution < -0.4 is 0 Å². The minimum Gasteiger partial charge on any atom is -0.381 e. The van der Waals surface area contributed by atoms with Gasteiger partial charge in [0.1, 0.15) is 0 Å². The molecule has 0 aromatic heterocycles. The maximum Gasteiger partial charge on any atom is 0.0566 e. The molecule has 0 unspecified atom stereocenters. The summed E-state index contributed by atoms with van der Waals surface area (Å²) in [5, 5.41) is 0. The molecule has 2 aliphatic carbocycles. The van der Waals surface area contributed by atoms with Crippen LogP contribution in [0.2, 0.25) is 0 Å². The first-order chi connectivity index (χ1) is 10.9. The number of ether oxygens (including phenoxy) is 1. The van der Waals surface area contributed by atoms with E-state index in [9.17, 15) is 0 Å². The van der Waals surface area contributed by atoms with E-state index in [0.29, 0.717) is 17.3 Å². The average Bonchev–Trinajstić information content (AvgIpc) is 2.60. The van der Waals surface area contributed by atoms with Crippen LogP contribution in [0.5, 0.6) is 0 Å². The normalized spacial score (nSPS) is 34.0. The predicted molar refractivity (Wildman–Crippen MR) is 87.7 cm³/mol. The third kappa shape index (κ3) is 1.30. The highest BCUT2D eigenvalue weighted by Crippen LogP contribution is 2.74. The molecule has 110 valence electrons. The standard InChI is InChI=1S/C21H20O/c1-3-7-16(8-4-1)21(17-9-5-2-6-10-17)18-11-13-20(18)15-22-14-12-19(20)21/h1-11,13,18-19H,12,14-15H2/t18-,19-,20-/m1/s1. The van der Waals surface area contributed by atoms with Gasteiger partial charge in [-0.05, 0) is 23.5 Å². The Kier molecular flexibility index (Phi) is 2.49. The smallest absolute Gasteiger partial charge is 0.0566 e. The van der Waals surface area contributed by atoms with E-state index >= 15 is 0 Å². The summed E-state index contributed by atoms with van der Waals surface area (Å²) >= 11 is 0. The monoisotopic (exact) mass is 288 g/mol. The summed E-state index contributed by atoms with van der Waals surface area (Å²) in [5.41, 5.74) is 3.38. The van der Waals surface area contributed by atoms with Gasteiger partial charge in [0.25, 0.3) is 0 Å². The topological polar surface area (TPSA) is 9.23 Å². The van der Waals surface area contributed by atoms with Crippen molar-refractivity contribution in [3.8, 4) is 0 Å². The van der Waals surface area contributed by atoms with Crippen LogP contribution in [0.15, 0.2) is 72.8 Å². The van der Waals surface area contributed by atoms with Crippen LogP contribution >= 0.6 is 0 Å². The van der Waals surface area contributed by atoms with Crippen molar-refractivity contribution in [2.24, 2.45) is 17.3 Å². The first-order valence-electron chi connectivity index (χ1n) is 8.27. The first-order valence-corrected chi connectivity index (χ1v) is 8.27. The Labute approximate surface area is 131 Å². The molecule has 1 nitrogen and oxygen atoms in total. The zero-order valence-electron chi connectivity index (χ0n) is 12.6. The first kappa shape index (κ1) is 12.7. The second kappa shape index (κ2) is 4.33. The second-order valence-corrected chi connectivity index (χ2v) is 6.94. The van der Waals surface area contributed by atoms with Crippen molar-refractivity contribution in [2.75, 3.05) is 13.2 Å². The molecule has 0 amide bonds. The summed E-state index contributed by atoms with van der Waals surface area (Å²) in [5.74, 6) is 1.24. The summed E-state index contributed by atoms with van der Waals surface area (Å²) in [6, 6.07) is 22.2. The van der Waals surface area contributed by atoms with Crippen molar-refractivity contribution < 1.29 is 4.74 Å². The molecule has 1 saturated heterocycles. The lowest BCUT2D eigenvalue weighted by atomic mass is 9.31. The third-order valence-corrected chi connectivity index (χ3v) is 6.27. The molecule has 2 aromatic carbocycles. The number of hydrogen-bond acceptors (Lipinski definition) is 1. The molecule has 1 aliphatic heterocycles. The van der Waals surface area contributed by atoms with Crippen LogP contribution in [0, 0.1) is 17.3 Å². The SMILES string of the molecule is C1=C[C@]23COCC[C@H]2C(c2ccccc2)(c2ccccc2)[C@H]13. The van der Waals surface area contributed by atoms with Crippen LogP contribution in [0.1, 0.15) is 17.5 Å². The van der Waals surface area contributed by atoms with Gasteiger partial charge in [-0.25, -0.2) is 0 Å². The Bertz CT molecular complexity index is 679. The van der Waals surface area contributed by atoms with E-state index in [1.54, 1.807) is 0 Å². The van der Waals surface area contributed by atoms with Crippen LogP contribution in [-0.2, 0) is 10.2 Å². The second-order valence-electron chi connectivity index (χ2n) is 6.94. The third-order valence-electron chi connectivity index (χ3n) is 6.27. The quantitative estimate of drug-likeness (QED) is 0.753. The predicted octanol–water partition coefficient (Wildman–Crippen LogP) is 4.20. The fourth-order valence-electron chi connectivity index (χ4n) is 5.43. The number of rotatable bonds is 2. The molecule has 2 aromatic rings. The fraction of sp³-hybridized carbons (Fsp3) is 0.333. The molecular weight excluding hydrogens is 268 g/mol. The van der Waals surface area contributed by atoms with Crippen LogP contribution in [0.25, 0.3) is 0 Å². The van der Waals surface area contributed by atoms with E-state index in [1.807, 2.05) is 0 Å². The fourth-order valence-corrected chi connectivity index (χ4v) is 5.43. The van der Waals surface area contributed by atoms with Gasteiger partial charge in [0.05, 0.1) is 6.61 Å². The maximum absolute atomic E-state index is 5.84. The van der Waals surface area contributed by atoms with E-state index in [0.717, 1.165) is 19.6 Å². The van der Waals surface area contributed by atoms with E-state index < -0.39 is 0 Å². The number of benzene rings is 2. The largest absolute Gasteiger partial charge is 0.381 e. The molecule has 1 spiro atoms. The van der Waals surface area contributed by atoms with Crippen LogP contribution in [-0.4, -0.2) is 13.2 Å². The highest BCUT2D eigenvalue weighted by atomic mass is 16.5. The molecule has 0 N–H and O–H groups in total. The Morgan fingerprint density at radius 1 is 0.864 bits per heavy atom. The number of hydrogen-bond donors (Lipinski definition) is 0. The van der Waals surface area contributed by atoms with Gasteiger partial charge in [0, 0.05) is 23.4 Å². The van der Waals surface area contributed by atoms with Gasteiger partial charge >= 0.3 is 0 Å². The zero-order chi connectivity index (χ0) is 14.6. The van der Waals surface area contributed by atoms with Crippen molar-refractivity contribution >= 4 is 0 Å². The summed E-state index contributed by atoms with van der Waals surface area (Å²) in [6.07, 6.45) is 6.00. The van der Waals surface area contributed by atoms with E-state index in [2.05, 4.69) is 72.8 Å². The molecule has 5 rings (SSSR count). The molecular formula is C21H20O. The van der Waals surface area contributed by atoms with Crippen molar-refractivity contribution in [1.82, 2.24) is 0 Å². The Morgan fingerprint density at radius 3 is 2.05 bits per heavy atom. The molecule has 3 atom stereocenters. The molecule has 3 aliphatic rings. The molecule has 1 heterocycles. The maximum atomic E-state index is 5.84. The van der Waals surface area contributed by atoms with E-state index in [4.69, 9.17) is 4.74 Å². The lowest BCUT2D eigenvalue weighted by Crippen LogP contribution is -2.72. The Balaban J connectivity index is 1.74. The average molecular weight is 288 g/mol. The van der Waals surface area contributed by atoms with Crippen molar-refractivity contribution in [3.63, 3.8) is 0 Å². The van der Waals surface area contributed by atoms with Gasteiger partial charge in [-0.15, -0.1) is 0 Å². The van der Waals surface area contributed by atoms with Gasteiger partial charge in [-0.1, -0.05) is 72.8 Å². The lowest BCUT2D eigenvalue weighted by Gasteiger charge is -2.73. The Hall–Kier alpha value is -1.86. The van der Waals surface area contributed by atoms with Gasteiger partial charge < -0.3 is 4.74 Å². The molecule has 1 saturated carbocycles. The van der Waals surface area contributed by atoms with Crippen molar-refractivity contribution in [3.05, 3.63) is 83.9 Å². The van der Waals surface area contributed by atoms with Crippen molar-refractivity contribution in [2.45, 2.75) is 11.8 Å². The molecule has 1 heteroatoms. The van der Waals surface area contributed by atoms with E-state index in [1.165, 1.54) is 11.1 Å². The van der Waals surface area contributed by atoms with Crippen molar-refractivity contribution in [1.29, 1.82) is 0 Å². The lowest BCUT2D eigenvalue weighted by molar-refractivity contribution is -0.178. The van der Waals surface area contributed by atoms with E-state index in [-0.39, 0.29) is 5.41 Å². The Morgan fingerprint density at radius 2 is 1.50 bits per heavy atom. The molecule has 22 heavy (non-hydrogen) atoms. The van der Waals surface area contributed by atoms with Gasteiger partial charge in [-0.2, -0.15) is 0 Å². The van der Waals surface area contributed by atoms with Gasteiger partial charge in [0.15, 0.2) is 0 Å². The zero-order valence-corrected chi connectivity index (χ0v) is 12.6. The molecule has 0 radical (unpaired) electrons. The number of allylic oxidation sites excluding steroid dienone is 1. The highest BCUT2D eigenvalue weighted by Gasteiger charge is 2.73. The highest BCUT2D eigenvalue weighted by molar-refractivity contribution is 5.54. The minimum absolute atomic E-state index is 0.140. The summed E-state index contributed by atoms with van der Waals surface area (Å²) in [6.45, 7) is 1.80. The molecule has 2 fully saturated rings. The van der Waals surface area contributed by atoms with Gasteiger partial charge in [0.2, 0.25) is 0 Å². The molecule has 0 bridgehead atoms. The summed E-state index contributed by atoms with van der Waals surface area (Å²) in [7, 11) is 0. The summed E-state index contributed by atoms with van der Waals surface area (Å²) < 4.78 is 5.84.